The second-order valence-electron chi connectivity index (χ2n) is 3.79. The Morgan fingerprint density at radius 2 is 2.43 bits per heavy atom. The van der Waals surface area contributed by atoms with E-state index in [0.717, 1.165) is 6.42 Å². The maximum atomic E-state index is 10.7. The van der Waals surface area contributed by atoms with E-state index in [-0.39, 0.29) is 5.69 Å². The maximum Gasteiger partial charge on any atom is 0.356 e. The van der Waals surface area contributed by atoms with Crippen LogP contribution < -0.4 is 5.32 Å². The minimum absolute atomic E-state index is 0.105. The molecule has 1 aromatic heterocycles. The smallest absolute Gasteiger partial charge is 0.356 e. The van der Waals surface area contributed by atoms with E-state index >= 15 is 0 Å². The molecule has 0 aromatic carbocycles. The number of hydrogen-bond donors (Lipinski definition) is 2. The van der Waals surface area contributed by atoms with E-state index in [9.17, 15) is 4.79 Å². The summed E-state index contributed by atoms with van der Waals surface area (Å²) < 4.78 is 1.88. The van der Waals surface area contributed by atoms with Crippen LogP contribution in [0.25, 0.3) is 0 Å². The van der Waals surface area contributed by atoms with E-state index in [0.29, 0.717) is 18.0 Å². The van der Waals surface area contributed by atoms with E-state index in [1.165, 1.54) is 0 Å². The number of rotatable bonds is 1. The average Bonchev–Trinajstić information content (AvgIpc) is 2.47. The van der Waals surface area contributed by atoms with Crippen LogP contribution in [-0.4, -0.2) is 26.7 Å². The van der Waals surface area contributed by atoms with Gasteiger partial charge in [-0.3, -0.25) is 0 Å². The van der Waals surface area contributed by atoms with Crippen molar-refractivity contribution in [1.29, 1.82) is 0 Å². The van der Waals surface area contributed by atoms with E-state index < -0.39 is 5.97 Å². The van der Waals surface area contributed by atoms with Crippen LogP contribution in [0.3, 0.4) is 0 Å². The number of anilines is 1. The van der Waals surface area contributed by atoms with Crippen molar-refractivity contribution in [3.8, 4) is 0 Å². The van der Waals surface area contributed by atoms with Crippen molar-refractivity contribution in [1.82, 2.24) is 9.55 Å². The third-order valence-corrected chi connectivity index (χ3v) is 2.50. The summed E-state index contributed by atoms with van der Waals surface area (Å²) in [4.78, 5) is 14.7. The topological polar surface area (TPSA) is 67.2 Å². The molecule has 0 radical (unpaired) electrons. The number of carboxylic acids is 1. The molecule has 0 aliphatic carbocycles. The molecule has 2 atom stereocenters. The fourth-order valence-electron chi connectivity index (χ4n) is 1.84. The Hall–Kier alpha value is -1.52. The van der Waals surface area contributed by atoms with Gasteiger partial charge < -0.3 is 15.0 Å². The van der Waals surface area contributed by atoms with Crippen LogP contribution in [0.4, 0.5) is 5.95 Å². The van der Waals surface area contributed by atoms with Crippen molar-refractivity contribution in [3.05, 3.63) is 11.9 Å². The van der Waals surface area contributed by atoms with Crippen LogP contribution in [0.5, 0.6) is 0 Å². The van der Waals surface area contributed by atoms with Gasteiger partial charge in [0, 0.05) is 18.3 Å². The highest BCUT2D eigenvalue weighted by Gasteiger charge is 2.23. The average molecular weight is 195 g/mol. The van der Waals surface area contributed by atoms with Crippen molar-refractivity contribution in [3.63, 3.8) is 0 Å². The number of carbonyl (C=O) groups is 1. The molecular weight excluding hydrogens is 182 g/mol. The van der Waals surface area contributed by atoms with Crippen molar-refractivity contribution in [2.75, 3.05) is 5.32 Å². The van der Waals surface area contributed by atoms with Crippen molar-refractivity contribution < 1.29 is 9.90 Å². The lowest BCUT2D eigenvalue weighted by molar-refractivity contribution is 0.0691. The molecule has 2 unspecified atom stereocenters. The Kier molecular flexibility index (Phi) is 1.94. The molecule has 0 saturated carbocycles. The van der Waals surface area contributed by atoms with Gasteiger partial charge in [0.05, 0.1) is 0 Å². The number of aromatic carboxylic acids is 1. The number of nitrogens with one attached hydrogen (secondary N) is 1. The van der Waals surface area contributed by atoms with Crippen LogP contribution in [-0.2, 0) is 0 Å². The molecule has 0 bridgehead atoms. The monoisotopic (exact) mass is 195 g/mol. The molecule has 5 nitrogen and oxygen atoms in total. The van der Waals surface area contributed by atoms with Crippen molar-refractivity contribution >= 4 is 11.9 Å². The molecule has 2 N–H and O–H groups in total. The van der Waals surface area contributed by atoms with Crippen LogP contribution in [0, 0.1) is 0 Å². The van der Waals surface area contributed by atoms with Gasteiger partial charge in [0.25, 0.3) is 0 Å². The zero-order chi connectivity index (χ0) is 10.3. The third-order valence-electron chi connectivity index (χ3n) is 2.50. The van der Waals surface area contributed by atoms with E-state index in [2.05, 4.69) is 24.1 Å². The van der Waals surface area contributed by atoms with Crippen LogP contribution in [0.1, 0.15) is 36.8 Å². The van der Waals surface area contributed by atoms with Gasteiger partial charge in [0.1, 0.15) is 0 Å². The Morgan fingerprint density at radius 3 is 3.07 bits per heavy atom. The first-order valence-corrected chi connectivity index (χ1v) is 4.66. The van der Waals surface area contributed by atoms with Gasteiger partial charge in [-0.1, -0.05) is 0 Å². The van der Waals surface area contributed by atoms with E-state index in [1.807, 2.05) is 4.57 Å². The second-order valence-corrected chi connectivity index (χ2v) is 3.79. The molecule has 2 heterocycles. The van der Waals surface area contributed by atoms with Crippen molar-refractivity contribution in [2.45, 2.75) is 32.4 Å². The Morgan fingerprint density at radius 1 is 1.71 bits per heavy atom. The largest absolute Gasteiger partial charge is 0.476 e. The first kappa shape index (κ1) is 9.05. The number of carboxylic acid groups (broad SMARTS) is 1. The molecule has 0 amide bonds. The fraction of sp³-hybridized carbons (Fsp3) is 0.556. The Balaban J connectivity index is 2.40. The van der Waals surface area contributed by atoms with Crippen molar-refractivity contribution in [2.24, 2.45) is 0 Å². The summed E-state index contributed by atoms with van der Waals surface area (Å²) in [5.41, 5.74) is 0.105. The lowest BCUT2D eigenvalue weighted by atomic mass is 10.1. The van der Waals surface area contributed by atoms with E-state index in [1.54, 1.807) is 6.20 Å². The number of fused-ring (bicyclic) bond motifs is 1. The molecule has 76 valence electrons. The molecule has 0 spiro atoms. The summed E-state index contributed by atoms with van der Waals surface area (Å²) in [6.45, 7) is 4.13. The minimum atomic E-state index is -0.978. The quantitative estimate of drug-likeness (QED) is 0.709. The highest BCUT2D eigenvalue weighted by molar-refractivity contribution is 5.85. The zero-order valence-electron chi connectivity index (χ0n) is 8.19. The summed E-state index contributed by atoms with van der Waals surface area (Å²) in [7, 11) is 0. The van der Waals surface area contributed by atoms with Crippen LogP contribution in [0.2, 0.25) is 0 Å². The van der Waals surface area contributed by atoms with Crippen LogP contribution >= 0.6 is 0 Å². The van der Waals surface area contributed by atoms with E-state index in [4.69, 9.17) is 5.11 Å². The SMILES string of the molecule is CC1CC(C)n2cc(C(=O)O)nc2N1. The summed E-state index contributed by atoms with van der Waals surface area (Å²) in [6, 6.07) is 0.656. The van der Waals surface area contributed by atoms with Gasteiger partial charge in [-0.05, 0) is 20.3 Å². The lowest BCUT2D eigenvalue weighted by Crippen LogP contribution is -2.28. The molecule has 14 heavy (non-hydrogen) atoms. The first-order chi connectivity index (χ1) is 6.58. The summed E-state index contributed by atoms with van der Waals surface area (Å²) >= 11 is 0. The van der Waals surface area contributed by atoms with Gasteiger partial charge >= 0.3 is 5.97 Å². The Labute approximate surface area is 81.8 Å². The fourth-order valence-corrected chi connectivity index (χ4v) is 1.84. The summed E-state index contributed by atoms with van der Waals surface area (Å²) in [5, 5.41) is 11.9. The summed E-state index contributed by atoms with van der Waals surface area (Å²) in [5.74, 6) is -0.317. The molecule has 5 heteroatoms. The number of imidazole rings is 1. The van der Waals surface area contributed by atoms with Gasteiger partial charge in [-0.2, -0.15) is 0 Å². The van der Waals surface area contributed by atoms with Gasteiger partial charge in [-0.25, -0.2) is 9.78 Å². The minimum Gasteiger partial charge on any atom is -0.476 e. The molecule has 0 saturated heterocycles. The van der Waals surface area contributed by atoms with Gasteiger partial charge in [-0.15, -0.1) is 0 Å². The van der Waals surface area contributed by atoms with Gasteiger partial charge in [0.2, 0.25) is 5.95 Å². The first-order valence-electron chi connectivity index (χ1n) is 4.66. The standard InChI is InChI=1S/C9H13N3O2/c1-5-3-6(2)12-4-7(8(13)14)11-9(12)10-5/h4-6H,3H2,1-2H3,(H,10,11)(H,13,14). The molecule has 0 fully saturated rings. The normalized spacial score (nSPS) is 25.3. The second kappa shape index (κ2) is 3.01. The summed E-state index contributed by atoms with van der Waals surface area (Å²) in [6.07, 6.45) is 2.57. The third kappa shape index (κ3) is 1.34. The highest BCUT2D eigenvalue weighted by Crippen LogP contribution is 2.26. The molecule has 1 aromatic rings. The van der Waals surface area contributed by atoms with Gasteiger partial charge in [0.15, 0.2) is 5.69 Å². The maximum absolute atomic E-state index is 10.7. The lowest BCUT2D eigenvalue weighted by Gasteiger charge is -2.27. The molecule has 2 rings (SSSR count). The molecular formula is C9H13N3O2. The number of aromatic nitrogens is 2. The predicted molar refractivity (Wildman–Crippen MR) is 51.6 cm³/mol. The zero-order valence-corrected chi connectivity index (χ0v) is 8.19. The number of nitrogens with zero attached hydrogens (tertiary/aromatic N) is 2. The predicted octanol–water partition coefficient (Wildman–Crippen LogP) is 1.35. The highest BCUT2D eigenvalue weighted by atomic mass is 16.4. The molecule has 1 aliphatic heterocycles. The number of hydrogen-bond acceptors (Lipinski definition) is 3. The molecule has 1 aliphatic rings. The Bertz CT molecular complexity index is 372. The van der Waals surface area contributed by atoms with Crippen LogP contribution in [0.15, 0.2) is 6.20 Å².